The fraction of sp³-hybridized carbons (Fsp3) is 0.300. The van der Waals surface area contributed by atoms with Crippen LogP contribution in [0.3, 0.4) is 0 Å². The van der Waals surface area contributed by atoms with Gasteiger partial charge in [-0.3, -0.25) is 4.57 Å². The first kappa shape index (κ1) is 13.7. The zero-order valence-electron chi connectivity index (χ0n) is 10.0. The number of nitrogens with zero attached hydrogens (tertiary/aromatic N) is 4. The number of allylic oxidation sites excluding steroid dienone is 1. The van der Waals surface area contributed by atoms with Crippen molar-refractivity contribution in [1.29, 1.82) is 0 Å². The second-order valence-electron chi connectivity index (χ2n) is 3.99. The highest BCUT2D eigenvalue weighted by molar-refractivity contribution is 7.55. The van der Waals surface area contributed by atoms with Gasteiger partial charge in [-0.05, 0) is 12.8 Å². The third-order valence-electron chi connectivity index (χ3n) is 2.50. The van der Waals surface area contributed by atoms with E-state index in [9.17, 15) is 4.57 Å². The number of rotatable bonds is 5. The molecule has 0 saturated heterocycles. The van der Waals surface area contributed by atoms with Crippen LogP contribution in [0.2, 0.25) is 0 Å². The lowest BCUT2D eigenvalue weighted by atomic mass is 10.3. The van der Waals surface area contributed by atoms with Crippen molar-refractivity contribution >= 4 is 24.6 Å². The first-order chi connectivity index (χ1) is 8.97. The molecule has 102 valence electrons. The van der Waals surface area contributed by atoms with Gasteiger partial charge in [-0.25, -0.2) is 15.0 Å². The molecule has 0 fully saturated rings. The van der Waals surface area contributed by atoms with E-state index >= 15 is 0 Å². The molecule has 2 aromatic rings. The number of nitrogens with two attached hydrogens (primary N) is 1. The summed E-state index contributed by atoms with van der Waals surface area (Å²) in [6.45, 7) is 0.637. The van der Waals surface area contributed by atoms with E-state index in [1.54, 1.807) is 6.33 Å². The second kappa shape index (κ2) is 5.48. The minimum absolute atomic E-state index is 0.338. The van der Waals surface area contributed by atoms with Crippen molar-refractivity contribution in [3.8, 4) is 0 Å². The summed E-state index contributed by atoms with van der Waals surface area (Å²) < 4.78 is 12.4. The molecule has 0 radical (unpaired) electrons. The van der Waals surface area contributed by atoms with Crippen molar-refractivity contribution in [1.82, 2.24) is 19.5 Å². The smallest absolute Gasteiger partial charge is 0.348 e. The molecule has 8 nitrogen and oxygen atoms in total. The highest BCUT2D eigenvalue weighted by Crippen LogP contribution is 2.36. The molecule has 0 aliphatic carbocycles. The molecule has 4 N–H and O–H groups in total. The number of imidazole rings is 1. The number of fused-ring (bicyclic) bond motifs is 1. The van der Waals surface area contributed by atoms with E-state index in [0.717, 1.165) is 5.82 Å². The number of nitrogen functional groups attached to an aromatic ring is 1. The highest BCUT2D eigenvalue weighted by atomic mass is 31.2. The zero-order valence-corrected chi connectivity index (χ0v) is 10.9. The van der Waals surface area contributed by atoms with Crippen LogP contribution < -0.4 is 5.73 Å². The minimum atomic E-state index is -4.05. The van der Waals surface area contributed by atoms with E-state index in [0.29, 0.717) is 36.4 Å². The molecule has 2 aromatic heterocycles. The van der Waals surface area contributed by atoms with Gasteiger partial charge in [0.25, 0.3) is 0 Å². The van der Waals surface area contributed by atoms with E-state index < -0.39 is 7.60 Å². The summed E-state index contributed by atoms with van der Waals surface area (Å²) in [6.07, 6.45) is 5.76. The average molecular weight is 283 g/mol. The second-order valence-corrected chi connectivity index (χ2v) is 5.46. The maximum Gasteiger partial charge on any atom is 0.348 e. The monoisotopic (exact) mass is 283 g/mol. The summed E-state index contributed by atoms with van der Waals surface area (Å²) in [5.41, 5.74) is 6.89. The van der Waals surface area contributed by atoms with Gasteiger partial charge >= 0.3 is 7.60 Å². The maximum absolute atomic E-state index is 10.6. The Balaban J connectivity index is 1.98. The Bertz CT molecular complexity index is 648. The molecule has 0 atom stereocenters. The molecule has 0 aromatic carbocycles. The Labute approximate surface area is 109 Å². The normalized spacial score (nSPS) is 12.5. The summed E-state index contributed by atoms with van der Waals surface area (Å²) in [6, 6.07) is 0. The number of anilines is 1. The Kier molecular flexibility index (Phi) is 3.94. The van der Waals surface area contributed by atoms with E-state index in [1.807, 2.05) is 4.57 Å². The van der Waals surface area contributed by atoms with Crippen molar-refractivity contribution in [2.24, 2.45) is 0 Å². The van der Waals surface area contributed by atoms with Crippen LogP contribution in [0, 0.1) is 0 Å². The lowest BCUT2D eigenvalue weighted by molar-refractivity contribution is 0.386. The topological polar surface area (TPSA) is 127 Å². The third-order valence-corrected chi connectivity index (χ3v) is 3.10. The van der Waals surface area contributed by atoms with Gasteiger partial charge in [0.1, 0.15) is 11.8 Å². The van der Waals surface area contributed by atoms with Crippen LogP contribution in [0.5, 0.6) is 0 Å². The molecule has 2 rings (SSSR count). The van der Waals surface area contributed by atoms with Gasteiger partial charge in [0.05, 0.1) is 6.33 Å². The van der Waals surface area contributed by atoms with Crippen molar-refractivity contribution < 1.29 is 14.4 Å². The predicted octanol–water partition coefficient (Wildman–Crippen LogP) is 0.880. The third kappa shape index (κ3) is 3.60. The molecule has 0 amide bonds. The van der Waals surface area contributed by atoms with Crippen LogP contribution in [-0.2, 0) is 11.1 Å². The molecular formula is C10H14N5O3P. The molecule has 0 aliphatic rings. The Morgan fingerprint density at radius 1 is 1.37 bits per heavy atom. The average Bonchev–Trinajstić information content (AvgIpc) is 2.72. The molecular weight excluding hydrogens is 269 g/mol. The summed E-state index contributed by atoms with van der Waals surface area (Å²) in [7, 11) is -4.05. The summed E-state index contributed by atoms with van der Waals surface area (Å²) >= 11 is 0. The van der Waals surface area contributed by atoms with Crippen molar-refractivity contribution in [2.75, 3.05) is 5.73 Å². The lowest BCUT2D eigenvalue weighted by Gasteiger charge is -2.02. The van der Waals surface area contributed by atoms with Crippen LogP contribution >= 0.6 is 7.60 Å². The van der Waals surface area contributed by atoms with Crippen LogP contribution in [0.1, 0.15) is 12.8 Å². The van der Waals surface area contributed by atoms with Crippen molar-refractivity contribution in [3.63, 3.8) is 0 Å². The van der Waals surface area contributed by atoms with Gasteiger partial charge in [0.15, 0.2) is 11.5 Å². The first-order valence-corrected chi connectivity index (χ1v) is 7.30. The van der Waals surface area contributed by atoms with Crippen LogP contribution in [-0.4, -0.2) is 29.3 Å². The minimum Gasteiger partial charge on any atom is -0.382 e. The van der Waals surface area contributed by atoms with Crippen LogP contribution in [0.15, 0.2) is 24.5 Å². The van der Waals surface area contributed by atoms with Crippen molar-refractivity contribution in [3.05, 3.63) is 24.5 Å². The van der Waals surface area contributed by atoms with Crippen molar-refractivity contribution in [2.45, 2.75) is 19.4 Å². The van der Waals surface area contributed by atoms with E-state index in [2.05, 4.69) is 15.0 Å². The van der Waals surface area contributed by atoms with Crippen LogP contribution in [0.4, 0.5) is 5.82 Å². The highest BCUT2D eigenvalue weighted by Gasteiger charge is 2.07. The molecule has 9 heteroatoms. The number of aromatic nitrogens is 4. The summed E-state index contributed by atoms with van der Waals surface area (Å²) in [4.78, 5) is 29.4. The van der Waals surface area contributed by atoms with Gasteiger partial charge in [-0.1, -0.05) is 6.08 Å². The lowest BCUT2D eigenvalue weighted by Crippen LogP contribution is -1.99. The molecule has 0 saturated carbocycles. The van der Waals surface area contributed by atoms with Gasteiger partial charge in [-0.2, -0.15) is 0 Å². The molecule has 0 aliphatic heterocycles. The van der Waals surface area contributed by atoms with E-state index in [1.165, 1.54) is 12.4 Å². The number of hydrogen-bond acceptors (Lipinski definition) is 5. The molecule has 2 heterocycles. The quantitative estimate of drug-likeness (QED) is 0.549. The first-order valence-electron chi connectivity index (χ1n) is 5.61. The fourth-order valence-corrected chi connectivity index (χ4v) is 2.08. The summed E-state index contributed by atoms with van der Waals surface area (Å²) in [5.74, 6) is 1.25. The SMILES string of the molecule is Nc1ncnc2c1ncn2CCC/C=C/P(=O)(O)O. The van der Waals surface area contributed by atoms with Gasteiger partial charge < -0.3 is 20.1 Å². The van der Waals surface area contributed by atoms with Gasteiger partial charge in [0, 0.05) is 12.4 Å². The standard InChI is InChI=1S/C10H14N5O3P/c11-9-8-10(13-6-12-9)15(7-14-8)4-2-1-3-5-19(16,17)18/h3,5-7H,1-2,4H2,(H2,11,12,13)(H2,16,17,18)/b5-3+. The predicted molar refractivity (Wildman–Crippen MR) is 70.2 cm³/mol. The molecule has 0 unspecified atom stereocenters. The number of unbranched alkanes of at least 4 members (excludes halogenated alkanes) is 1. The molecule has 0 spiro atoms. The number of aryl methyl sites for hydroxylation is 1. The zero-order chi connectivity index (χ0) is 13.9. The Morgan fingerprint density at radius 2 is 2.16 bits per heavy atom. The Morgan fingerprint density at radius 3 is 2.89 bits per heavy atom. The maximum atomic E-state index is 10.6. The molecule has 19 heavy (non-hydrogen) atoms. The van der Waals surface area contributed by atoms with E-state index in [4.69, 9.17) is 15.5 Å². The molecule has 0 bridgehead atoms. The fourth-order valence-electron chi connectivity index (χ4n) is 1.65. The summed E-state index contributed by atoms with van der Waals surface area (Å²) in [5, 5.41) is 0. The Hall–Kier alpha value is -1.76. The van der Waals surface area contributed by atoms with Gasteiger partial charge in [-0.15, -0.1) is 0 Å². The largest absolute Gasteiger partial charge is 0.382 e. The van der Waals surface area contributed by atoms with Crippen LogP contribution in [0.25, 0.3) is 11.2 Å². The van der Waals surface area contributed by atoms with Gasteiger partial charge in [0.2, 0.25) is 0 Å². The number of hydrogen-bond donors (Lipinski definition) is 3. The van der Waals surface area contributed by atoms with E-state index in [-0.39, 0.29) is 0 Å².